The van der Waals surface area contributed by atoms with Gasteiger partial charge >= 0.3 is 0 Å². The highest BCUT2D eigenvalue weighted by molar-refractivity contribution is 6.30. The number of nitrogens with one attached hydrogen (secondary N) is 1. The molecule has 1 saturated carbocycles. The van der Waals surface area contributed by atoms with Gasteiger partial charge in [0.2, 0.25) is 0 Å². The second-order valence-corrected chi connectivity index (χ2v) is 6.50. The molecule has 1 aromatic heterocycles. The van der Waals surface area contributed by atoms with Gasteiger partial charge in [-0.25, -0.2) is 9.97 Å². The van der Waals surface area contributed by atoms with Crippen molar-refractivity contribution in [1.82, 2.24) is 9.97 Å². The van der Waals surface area contributed by atoms with Gasteiger partial charge in [0.15, 0.2) is 0 Å². The van der Waals surface area contributed by atoms with Crippen LogP contribution in [0.2, 0.25) is 5.15 Å². The Labute approximate surface area is 126 Å². The van der Waals surface area contributed by atoms with E-state index >= 15 is 0 Å². The van der Waals surface area contributed by atoms with Gasteiger partial charge in [-0.2, -0.15) is 0 Å². The first kappa shape index (κ1) is 15.5. The summed E-state index contributed by atoms with van der Waals surface area (Å²) in [7, 11) is 0. The maximum Gasteiger partial charge on any atom is 0.137 e. The molecule has 0 amide bonds. The predicted molar refractivity (Wildman–Crippen MR) is 82.4 cm³/mol. The SMILES string of the molecule is Cc1c(Cl)nc(C(C)C)nc1NCC1(O)CCCCC1. The summed E-state index contributed by atoms with van der Waals surface area (Å²) in [4.78, 5) is 8.83. The van der Waals surface area contributed by atoms with Gasteiger partial charge in [-0.3, -0.25) is 0 Å². The fraction of sp³-hybridized carbons (Fsp3) is 0.733. The smallest absolute Gasteiger partial charge is 0.137 e. The van der Waals surface area contributed by atoms with E-state index in [1.54, 1.807) is 0 Å². The fourth-order valence-electron chi connectivity index (χ4n) is 2.57. The number of halogens is 1. The van der Waals surface area contributed by atoms with Gasteiger partial charge in [0.05, 0.1) is 5.60 Å². The summed E-state index contributed by atoms with van der Waals surface area (Å²) in [6, 6.07) is 0. The molecule has 0 aromatic carbocycles. The van der Waals surface area contributed by atoms with Crippen LogP contribution in [0.1, 0.15) is 63.3 Å². The zero-order chi connectivity index (χ0) is 14.8. The number of aromatic nitrogens is 2. The number of anilines is 1. The quantitative estimate of drug-likeness (QED) is 0.833. The standard InChI is InChI=1S/C15H24ClN3O/c1-10(2)13-18-12(16)11(3)14(19-13)17-9-15(20)7-5-4-6-8-15/h10,20H,4-9H2,1-3H3,(H,17,18,19). The molecule has 2 rings (SSSR count). The van der Waals surface area contributed by atoms with E-state index in [1.165, 1.54) is 6.42 Å². The molecule has 0 saturated heterocycles. The van der Waals surface area contributed by atoms with E-state index in [0.717, 1.165) is 42.9 Å². The molecule has 0 bridgehead atoms. The highest BCUT2D eigenvalue weighted by atomic mass is 35.5. The van der Waals surface area contributed by atoms with E-state index < -0.39 is 5.60 Å². The monoisotopic (exact) mass is 297 g/mol. The number of aliphatic hydroxyl groups is 1. The Balaban J connectivity index is 2.12. The number of rotatable bonds is 4. The number of hydrogen-bond donors (Lipinski definition) is 2. The van der Waals surface area contributed by atoms with Crippen molar-refractivity contribution >= 4 is 17.4 Å². The molecule has 112 valence electrons. The summed E-state index contributed by atoms with van der Waals surface area (Å²) >= 11 is 6.17. The molecule has 0 atom stereocenters. The third-order valence-electron chi connectivity index (χ3n) is 3.99. The Kier molecular flexibility index (Phi) is 4.86. The van der Waals surface area contributed by atoms with Gasteiger partial charge in [-0.15, -0.1) is 0 Å². The Morgan fingerprint density at radius 2 is 1.90 bits per heavy atom. The maximum atomic E-state index is 10.5. The van der Waals surface area contributed by atoms with Gasteiger partial charge in [0.1, 0.15) is 16.8 Å². The minimum absolute atomic E-state index is 0.228. The molecule has 0 unspecified atom stereocenters. The Hall–Kier alpha value is -0.870. The fourth-order valence-corrected chi connectivity index (χ4v) is 2.75. The minimum Gasteiger partial charge on any atom is -0.388 e. The second kappa shape index (κ2) is 6.27. The molecule has 1 heterocycles. The van der Waals surface area contributed by atoms with Crippen molar-refractivity contribution in [2.45, 2.75) is 64.4 Å². The zero-order valence-corrected chi connectivity index (χ0v) is 13.3. The van der Waals surface area contributed by atoms with Crippen molar-refractivity contribution in [3.05, 3.63) is 16.5 Å². The topological polar surface area (TPSA) is 58.0 Å². The minimum atomic E-state index is -0.611. The highest BCUT2D eigenvalue weighted by Crippen LogP contribution is 2.29. The predicted octanol–water partition coefficient (Wildman–Crippen LogP) is 3.67. The van der Waals surface area contributed by atoms with Gasteiger partial charge < -0.3 is 10.4 Å². The van der Waals surface area contributed by atoms with Crippen LogP contribution >= 0.6 is 11.6 Å². The Morgan fingerprint density at radius 3 is 2.50 bits per heavy atom. The van der Waals surface area contributed by atoms with Crippen LogP contribution in [0.5, 0.6) is 0 Å². The van der Waals surface area contributed by atoms with Crippen molar-refractivity contribution in [2.24, 2.45) is 0 Å². The van der Waals surface area contributed by atoms with E-state index in [-0.39, 0.29) is 5.92 Å². The van der Waals surface area contributed by atoms with Crippen LogP contribution in [-0.2, 0) is 0 Å². The molecular weight excluding hydrogens is 274 g/mol. The van der Waals surface area contributed by atoms with Crippen molar-refractivity contribution < 1.29 is 5.11 Å². The van der Waals surface area contributed by atoms with Crippen molar-refractivity contribution in [3.8, 4) is 0 Å². The highest BCUT2D eigenvalue weighted by Gasteiger charge is 2.29. The summed E-state index contributed by atoms with van der Waals surface area (Å²) < 4.78 is 0. The van der Waals surface area contributed by atoms with Gasteiger partial charge in [0.25, 0.3) is 0 Å². The first-order valence-electron chi connectivity index (χ1n) is 7.41. The first-order valence-corrected chi connectivity index (χ1v) is 7.79. The van der Waals surface area contributed by atoms with Gasteiger partial charge in [-0.1, -0.05) is 44.7 Å². The van der Waals surface area contributed by atoms with Crippen LogP contribution in [0, 0.1) is 6.92 Å². The van der Waals surface area contributed by atoms with E-state index in [1.807, 2.05) is 20.8 Å². The van der Waals surface area contributed by atoms with Crippen molar-refractivity contribution in [2.75, 3.05) is 11.9 Å². The van der Waals surface area contributed by atoms with Crippen LogP contribution in [0.4, 0.5) is 5.82 Å². The van der Waals surface area contributed by atoms with E-state index in [2.05, 4.69) is 15.3 Å². The summed E-state index contributed by atoms with van der Waals surface area (Å²) in [6.45, 7) is 6.51. The van der Waals surface area contributed by atoms with Gasteiger partial charge in [-0.05, 0) is 19.8 Å². The van der Waals surface area contributed by atoms with Gasteiger partial charge in [0, 0.05) is 18.0 Å². The second-order valence-electron chi connectivity index (χ2n) is 6.14. The van der Waals surface area contributed by atoms with Crippen LogP contribution in [0.3, 0.4) is 0 Å². The van der Waals surface area contributed by atoms with E-state index in [0.29, 0.717) is 11.7 Å². The molecular formula is C15H24ClN3O. The lowest BCUT2D eigenvalue weighted by atomic mass is 9.85. The molecule has 1 aromatic rings. The van der Waals surface area contributed by atoms with Crippen molar-refractivity contribution in [1.29, 1.82) is 0 Å². The molecule has 1 aliphatic carbocycles. The molecule has 1 aliphatic rings. The molecule has 4 nitrogen and oxygen atoms in total. The van der Waals surface area contributed by atoms with Crippen LogP contribution in [0.25, 0.3) is 0 Å². The maximum absolute atomic E-state index is 10.5. The average molecular weight is 298 g/mol. The van der Waals surface area contributed by atoms with Crippen LogP contribution < -0.4 is 5.32 Å². The van der Waals surface area contributed by atoms with Crippen LogP contribution in [-0.4, -0.2) is 27.2 Å². The average Bonchev–Trinajstić information content (AvgIpc) is 2.41. The summed E-state index contributed by atoms with van der Waals surface area (Å²) in [5.41, 5.74) is 0.232. The third-order valence-corrected chi connectivity index (χ3v) is 4.36. The molecule has 0 spiro atoms. The summed E-state index contributed by atoms with van der Waals surface area (Å²) in [6.07, 6.45) is 5.12. The lowest BCUT2D eigenvalue weighted by Gasteiger charge is -2.32. The van der Waals surface area contributed by atoms with E-state index in [9.17, 15) is 5.11 Å². The molecule has 20 heavy (non-hydrogen) atoms. The Bertz CT molecular complexity index is 470. The first-order chi connectivity index (χ1) is 9.41. The largest absolute Gasteiger partial charge is 0.388 e. The Morgan fingerprint density at radius 1 is 1.25 bits per heavy atom. The molecule has 2 N–H and O–H groups in total. The zero-order valence-electron chi connectivity index (χ0n) is 12.5. The third kappa shape index (κ3) is 3.61. The number of nitrogens with zero attached hydrogens (tertiary/aromatic N) is 2. The molecule has 0 radical (unpaired) electrons. The van der Waals surface area contributed by atoms with E-state index in [4.69, 9.17) is 11.6 Å². The lowest BCUT2D eigenvalue weighted by molar-refractivity contribution is 0.0166. The number of hydrogen-bond acceptors (Lipinski definition) is 4. The lowest BCUT2D eigenvalue weighted by Crippen LogP contribution is -2.39. The molecule has 5 heteroatoms. The normalized spacial score (nSPS) is 18.3. The summed E-state index contributed by atoms with van der Waals surface area (Å²) in [5, 5.41) is 14.3. The molecule has 1 fully saturated rings. The van der Waals surface area contributed by atoms with Crippen LogP contribution in [0.15, 0.2) is 0 Å². The van der Waals surface area contributed by atoms with Crippen molar-refractivity contribution in [3.63, 3.8) is 0 Å². The molecule has 0 aliphatic heterocycles. The summed E-state index contributed by atoms with van der Waals surface area (Å²) in [5.74, 6) is 1.71.